The molecule has 2 aromatic rings. The second-order valence-corrected chi connectivity index (χ2v) is 6.37. The Balaban J connectivity index is 1.89. The zero-order valence-corrected chi connectivity index (χ0v) is 15.1. The number of amides is 3. The van der Waals surface area contributed by atoms with Crippen LogP contribution in [0, 0.1) is 5.92 Å². The van der Waals surface area contributed by atoms with E-state index in [1.165, 1.54) is 0 Å². The van der Waals surface area contributed by atoms with E-state index in [2.05, 4.69) is 15.6 Å². The van der Waals surface area contributed by atoms with E-state index in [1.54, 1.807) is 62.6 Å². The van der Waals surface area contributed by atoms with Crippen molar-refractivity contribution in [2.45, 2.75) is 13.0 Å². The molecule has 6 nitrogen and oxygen atoms in total. The Morgan fingerprint density at radius 2 is 1.96 bits per heavy atom. The average molecular weight is 372 g/mol. The molecule has 1 aliphatic rings. The van der Waals surface area contributed by atoms with Gasteiger partial charge < -0.3 is 15.4 Å². The topological polar surface area (TPSA) is 79.8 Å². The molecule has 7 heteroatoms. The van der Waals surface area contributed by atoms with Crippen LogP contribution in [-0.4, -0.2) is 24.8 Å². The number of nitrogens with one attached hydrogen (secondary N) is 2. The largest absolute Gasteiger partial charge is 0.497 e. The molecule has 134 valence electrons. The summed E-state index contributed by atoms with van der Waals surface area (Å²) in [5, 5.41) is 6.21. The van der Waals surface area contributed by atoms with Gasteiger partial charge in [-0.25, -0.2) is 9.79 Å². The lowest BCUT2D eigenvalue weighted by molar-refractivity contribution is -0.118. The van der Waals surface area contributed by atoms with Crippen molar-refractivity contribution in [2.24, 2.45) is 10.9 Å². The molecule has 0 saturated carbocycles. The van der Waals surface area contributed by atoms with E-state index >= 15 is 0 Å². The van der Waals surface area contributed by atoms with Crippen molar-refractivity contribution < 1.29 is 14.3 Å². The molecule has 1 heterocycles. The summed E-state index contributed by atoms with van der Waals surface area (Å²) in [6.45, 7) is 1.68. The first-order chi connectivity index (χ1) is 12.5. The van der Waals surface area contributed by atoms with Gasteiger partial charge in [0.2, 0.25) is 5.91 Å². The molecule has 0 saturated heterocycles. The second kappa shape index (κ2) is 7.58. The van der Waals surface area contributed by atoms with E-state index in [0.717, 1.165) is 5.56 Å². The Morgan fingerprint density at radius 1 is 1.23 bits per heavy atom. The molecule has 26 heavy (non-hydrogen) atoms. The number of carbonyl (C=O) groups excluding carboxylic acids is 2. The Hall–Kier alpha value is -2.86. The standard InChI is InChI=1S/C19H18ClN3O3/c1-11-16(18(24)22-14-4-3-5-15(10-14)26-2)17(23-19(25)21-11)12-6-8-13(20)9-7-12/h3-10,16-17H,1-2H3,(H,22,24)(H,23,25). The first-order valence-corrected chi connectivity index (χ1v) is 8.42. The molecule has 0 aliphatic carbocycles. The van der Waals surface area contributed by atoms with Crippen LogP contribution in [0.3, 0.4) is 0 Å². The predicted octanol–water partition coefficient (Wildman–Crippen LogP) is 3.83. The Labute approximate surface area is 156 Å². The molecule has 0 radical (unpaired) electrons. The van der Waals surface area contributed by atoms with Crippen LogP contribution in [0.2, 0.25) is 5.02 Å². The van der Waals surface area contributed by atoms with E-state index in [9.17, 15) is 9.59 Å². The van der Waals surface area contributed by atoms with E-state index < -0.39 is 18.0 Å². The molecule has 0 fully saturated rings. The van der Waals surface area contributed by atoms with Crippen molar-refractivity contribution in [1.82, 2.24) is 5.32 Å². The quantitative estimate of drug-likeness (QED) is 0.857. The molecule has 0 aromatic heterocycles. The van der Waals surface area contributed by atoms with Gasteiger partial charge in [0.15, 0.2) is 0 Å². The van der Waals surface area contributed by atoms with Gasteiger partial charge in [-0.15, -0.1) is 0 Å². The maximum absolute atomic E-state index is 12.9. The normalized spacial score (nSPS) is 19.3. The summed E-state index contributed by atoms with van der Waals surface area (Å²) in [5.41, 5.74) is 1.84. The lowest BCUT2D eigenvalue weighted by Crippen LogP contribution is -2.45. The lowest BCUT2D eigenvalue weighted by Gasteiger charge is -2.30. The Bertz CT molecular complexity index is 865. The van der Waals surface area contributed by atoms with Crippen LogP contribution in [0.4, 0.5) is 10.5 Å². The molecule has 2 unspecified atom stereocenters. The monoisotopic (exact) mass is 371 g/mol. The zero-order valence-electron chi connectivity index (χ0n) is 14.3. The number of anilines is 1. The molecule has 2 aromatic carbocycles. The minimum absolute atomic E-state index is 0.264. The fraction of sp³-hybridized carbons (Fsp3) is 0.211. The van der Waals surface area contributed by atoms with Gasteiger partial charge in [-0.3, -0.25) is 4.79 Å². The van der Waals surface area contributed by atoms with Crippen LogP contribution in [0.25, 0.3) is 0 Å². The molecule has 0 bridgehead atoms. The number of halogens is 1. The summed E-state index contributed by atoms with van der Waals surface area (Å²) in [6.07, 6.45) is 0. The fourth-order valence-corrected chi connectivity index (χ4v) is 3.05. The number of hydrogen-bond donors (Lipinski definition) is 2. The van der Waals surface area contributed by atoms with Gasteiger partial charge in [-0.2, -0.15) is 0 Å². The molecular formula is C19H18ClN3O3. The van der Waals surface area contributed by atoms with Crippen molar-refractivity contribution in [3.8, 4) is 5.75 Å². The number of hydrogen-bond acceptors (Lipinski definition) is 3. The van der Waals surface area contributed by atoms with E-state index in [-0.39, 0.29) is 5.91 Å². The van der Waals surface area contributed by atoms with Gasteiger partial charge >= 0.3 is 6.03 Å². The van der Waals surface area contributed by atoms with E-state index in [0.29, 0.717) is 22.2 Å². The first-order valence-electron chi connectivity index (χ1n) is 8.04. The van der Waals surface area contributed by atoms with E-state index in [1.807, 2.05) is 0 Å². The SMILES string of the molecule is COc1cccc(NC(=O)C2C(C)=NC(=O)NC2c2ccc(Cl)cc2)c1. The smallest absolute Gasteiger partial charge is 0.341 e. The lowest BCUT2D eigenvalue weighted by atomic mass is 9.87. The number of carbonyl (C=O) groups is 2. The molecule has 1 aliphatic heterocycles. The minimum atomic E-state index is -0.639. The van der Waals surface area contributed by atoms with Gasteiger partial charge in [-0.05, 0) is 36.8 Å². The van der Waals surface area contributed by atoms with Crippen LogP contribution in [0.15, 0.2) is 53.5 Å². The highest BCUT2D eigenvalue weighted by molar-refractivity contribution is 6.30. The van der Waals surface area contributed by atoms with Crippen LogP contribution in [0.1, 0.15) is 18.5 Å². The van der Waals surface area contributed by atoms with Gasteiger partial charge in [-0.1, -0.05) is 29.8 Å². The summed E-state index contributed by atoms with van der Waals surface area (Å²) in [4.78, 5) is 28.7. The Morgan fingerprint density at radius 3 is 2.65 bits per heavy atom. The number of nitrogens with zero attached hydrogens (tertiary/aromatic N) is 1. The highest BCUT2D eigenvalue weighted by Gasteiger charge is 2.36. The highest BCUT2D eigenvalue weighted by atomic mass is 35.5. The van der Waals surface area contributed by atoms with Crippen LogP contribution < -0.4 is 15.4 Å². The average Bonchev–Trinajstić information content (AvgIpc) is 2.61. The molecule has 3 rings (SSSR count). The van der Waals surface area contributed by atoms with Crippen molar-refractivity contribution >= 4 is 34.9 Å². The van der Waals surface area contributed by atoms with Crippen LogP contribution in [0.5, 0.6) is 5.75 Å². The molecule has 2 atom stereocenters. The number of aliphatic imine (C=N–C) groups is 1. The third kappa shape index (κ3) is 3.86. The second-order valence-electron chi connectivity index (χ2n) is 5.93. The van der Waals surface area contributed by atoms with E-state index in [4.69, 9.17) is 16.3 Å². The third-order valence-electron chi connectivity index (χ3n) is 4.19. The van der Waals surface area contributed by atoms with Crippen LogP contribution >= 0.6 is 11.6 Å². The summed E-state index contributed by atoms with van der Waals surface area (Å²) in [7, 11) is 1.56. The van der Waals surface area contributed by atoms with Gasteiger partial charge in [0, 0.05) is 22.5 Å². The maximum atomic E-state index is 12.9. The van der Waals surface area contributed by atoms with Crippen molar-refractivity contribution in [3.05, 3.63) is 59.1 Å². The number of ether oxygens (including phenoxy) is 1. The Kier molecular flexibility index (Phi) is 5.23. The fourth-order valence-electron chi connectivity index (χ4n) is 2.93. The third-order valence-corrected chi connectivity index (χ3v) is 4.44. The van der Waals surface area contributed by atoms with Crippen molar-refractivity contribution in [3.63, 3.8) is 0 Å². The summed E-state index contributed by atoms with van der Waals surface area (Å²) >= 11 is 5.94. The number of urea groups is 1. The van der Waals surface area contributed by atoms with Gasteiger partial charge in [0.05, 0.1) is 13.2 Å². The summed E-state index contributed by atoms with van der Waals surface area (Å²) < 4.78 is 5.17. The van der Waals surface area contributed by atoms with Gasteiger partial charge in [0.1, 0.15) is 11.7 Å². The van der Waals surface area contributed by atoms with Gasteiger partial charge in [0.25, 0.3) is 0 Å². The minimum Gasteiger partial charge on any atom is -0.497 e. The number of methoxy groups -OCH3 is 1. The molecule has 0 spiro atoms. The summed E-state index contributed by atoms with van der Waals surface area (Å²) in [6, 6.07) is 13.1. The van der Waals surface area contributed by atoms with Crippen molar-refractivity contribution in [2.75, 3.05) is 12.4 Å². The zero-order chi connectivity index (χ0) is 18.7. The van der Waals surface area contributed by atoms with Crippen LogP contribution in [-0.2, 0) is 4.79 Å². The number of rotatable bonds is 4. The summed E-state index contributed by atoms with van der Waals surface area (Å²) in [5.74, 6) is -0.265. The first kappa shape index (κ1) is 17.9. The molecule has 3 amide bonds. The number of benzene rings is 2. The van der Waals surface area contributed by atoms with Crippen molar-refractivity contribution in [1.29, 1.82) is 0 Å². The predicted molar refractivity (Wildman–Crippen MR) is 101 cm³/mol. The molecule has 2 N–H and O–H groups in total. The molecular weight excluding hydrogens is 354 g/mol. The highest BCUT2D eigenvalue weighted by Crippen LogP contribution is 2.29. The maximum Gasteiger partial charge on any atom is 0.341 e.